The summed E-state index contributed by atoms with van der Waals surface area (Å²) >= 11 is 0. The summed E-state index contributed by atoms with van der Waals surface area (Å²) in [6.07, 6.45) is 2.93. The Hall–Kier alpha value is -0.910. The summed E-state index contributed by atoms with van der Waals surface area (Å²) in [4.78, 5) is 0.444. The Morgan fingerprint density at radius 1 is 1.19 bits per heavy atom. The van der Waals surface area contributed by atoms with Gasteiger partial charge in [0.25, 0.3) is 0 Å². The zero-order valence-electron chi connectivity index (χ0n) is 13.2. The van der Waals surface area contributed by atoms with E-state index in [0.29, 0.717) is 24.5 Å². The van der Waals surface area contributed by atoms with Crippen molar-refractivity contribution in [1.29, 1.82) is 0 Å². The molecular weight excluding hydrogens is 284 g/mol. The molecule has 21 heavy (non-hydrogen) atoms. The lowest BCUT2D eigenvalue weighted by Gasteiger charge is -2.24. The second kappa shape index (κ2) is 6.46. The van der Waals surface area contributed by atoms with Crippen molar-refractivity contribution in [3.8, 4) is 0 Å². The van der Waals surface area contributed by atoms with E-state index in [-0.39, 0.29) is 5.41 Å². The van der Waals surface area contributed by atoms with E-state index in [1.165, 1.54) is 0 Å². The molecule has 1 fully saturated rings. The minimum atomic E-state index is -3.40. The monoisotopic (exact) mass is 310 g/mol. The molecule has 0 unspecified atom stereocenters. The number of rotatable bonds is 4. The van der Waals surface area contributed by atoms with Crippen LogP contribution >= 0.6 is 0 Å². The van der Waals surface area contributed by atoms with E-state index in [4.69, 9.17) is 0 Å². The first-order valence-corrected chi connectivity index (χ1v) is 9.03. The van der Waals surface area contributed by atoms with E-state index < -0.39 is 10.0 Å². The highest BCUT2D eigenvalue weighted by atomic mass is 32.2. The van der Waals surface area contributed by atoms with Gasteiger partial charge in [-0.15, -0.1) is 0 Å². The summed E-state index contributed by atoms with van der Waals surface area (Å²) in [5.74, 6) is 0. The summed E-state index contributed by atoms with van der Waals surface area (Å²) in [5, 5.41) is 3.04. The van der Waals surface area contributed by atoms with Crippen molar-refractivity contribution < 1.29 is 8.42 Å². The van der Waals surface area contributed by atoms with Gasteiger partial charge < -0.3 is 5.32 Å². The lowest BCUT2D eigenvalue weighted by molar-refractivity contribution is 0.314. The molecule has 1 N–H and O–H groups in total. The van der Waals surface area contributed by atoms with E-state index >= 15 is 0 Å². The zero-order valence-corrected chi connectivity index (χ0v) is 14.0. The quantitative estimate of drug-likeness (QED) is 0.930. The molecule has 0 bridgehead atoms. The Morgan fingerprint density at radius 2 is 1.90 bits per heavy atom. The van der Waals surface area contributed by atoms with Gasteiger partial charge in [0.15, 0.2) is 0 Å². The Labute approximate surface area is 128 Å². The summed E-state index contributed by atoms with van der Waals surface area (Å²) in [6.45, 7) is 6.24. The van der Waals surface area contributed by atoms with Gasteiger partial charge >= 0.3 is 0 Å². The third kappa shape index (κ3) is 3.84. The molecule has 1 aromatic carbocycles. The van der Waals surface area contributed by atoms with Gasteiger partial charge in [0.2, 0.25) is 10.0 Å². The number of benzene rings is 1. The number of hydrogen-bond acceptors (Lipinski definition) is 3. The van der Waals surface area contributed by atoms with Crippen LogP contribution in [0.4, 0.5) is 0 Å². The molecule has 1 aromatic rings. The Kier molecular flexibility index (Phi) is 5.07. The van der Waals surface area contributed by atoms with Crippen LogP contribution in [0.1, 0.15) is 38.7 Å². The van der Waals surface area contributed by atoms with E-state index in [0.717, 1.165) is 24.8 Å². The highest BCUT2D eigenvalue weighted by Crippen LogP contribution is 2.32. The molecular formula is C16H26N2O2S. The van der Waals surface area contributed by atoms with E-state index in [9.17, 15) is 8.42 Å². The van der Waals surface area contributed by atoms with Crippen molar-refractivity contribution in [2.75, 3.05) is 20.1 Å². The van der Waals surface area contributed by atoms with Crippen molar-refractivity contribution >= 4 is 10.0 Å². The van der Waals surface area contributed by atoms with Crippen LogP contribution in [0.15, 0.2) is 29.2 Å². The van der Waals surface area contributed by atoms with Crippen molar-refractivity contribution in [3.63, 3.8) is 0 Å². The third-order valence-corrected chi connectivity index (χ3v) is 6.26. The smallest absolute Gasteiger partial charge is 0.243 e. The van der Waals surface area contributed by atoms with Crippen LogP contribution < -0.4 is 5.32 Å². The molecule has 2 rings (SSSR count). The fraction of sp³-hybridized carbons (Fsp3) is 0.625. The molecule has 0 spiro atoms. The minimum Gasteiger partial charge on any atom is -0.316 e. The molecule has 1 heterocycles. The summed E-state index contributed by atoms with van der Waals surface area (Å²) < 4.78 is 27.6. The maximum absolute atomic E-state index is 12.9. The van der Waals surface area contributed by atoms with Gasteiger partial charge in [-0.3, -0.25) is 0 Å². The molecule has 1 aliphatic rings. The van der Waals surface area contributed by atoms with Crippen LogP contribution in [0.2, 0.25) is 0 Å². The second-order valence-corrected chi connectivity index (χ2v) is 8.47. The van der Waals surface area contributed by atoms with Crippen LogP contribution in [0.25, 0.3) is 0 Å². The molecule has 0 radical (unpaired) electrons. The minimum absolute atomic E-state index is 0.231. The first-order chi connectivity index (χ1) is 9.87. The highest BCUT2D eigenvalue weighted by molar-refractivity contribution is 7.89. The topological polar surface area (TPSA) is 49.4 Å². The molecule has 0 aliphatic carbocycles. The number of nitrogens with zero attached hydrogens (tertiary/aromatic N) is 1. The van der Waals surface area contributed by atoms with Crippen LogP contribution in [-0.2, 0) is 16.6 Å². The lowest BCUT2D eigenvalue weighted by atomic mass is 9.85. The molecule has 1 aliphatic heterocycles. The van der Waals surface area contributed by atoms with Crippen LogP contribution in [0.5, 0.6) is 0 Å². The Morgan fingerprint density at radius 3 is 2.62 bits per heavy atom. The maximum Gasteiger partial charge on any atom is 0.243 e. The largest absolute Gasteiger partial charge is 0.316 e. The predicted molar refractivity (Wildman–Crippen MR) is 85.6 cm³/mol. The number of hydrogen-bond donors (Lipinski definition) is 1. The molecule has 1 saturated heterocycles. The Bertz CT molecular complexity index is 582. The van der Waals surface area contributed by atoms with Crippen molar-refractivity contribution in [2.24, 2.45) is 5.41 Å². The van der Waals surface area contributed by atoms with Gasteiger partial charge in [-0.1, -0.05) is 32.0 Å². The van der Waals surface area contributed by atoms with Crippen molar-refractivity contribution in [3.05, 3.63) is 29.8 Å². The van der Waals surface area contributed by atoms with Gasteiger partial charge in [-0.2, -0.15) is 4.31 Å². The van der Waals surface area contributed by atoms with E-state index in [2.05, 4.69) is 19.2 Å². The SMILES string of the molecule is CNCc1ccccc1S(=O)(=O)N1CCCC(C)(C)CC1. The number of nitrogens with one attached hydrogen (secondary N) is 1. The standard InChI is InChI=1S/C16H26N2O2S/c1-16(2)9-6-11-18(12-10-16)21(19,20)15-8-5-4-7-14(15)13-17-3/h4-5,7-8,17H,6,9-13H2,1-3H3. The van der Waals surface area contributed by atoms with Crippen molar-refractivity contribution in [2.45, 2.75) is 44.6 Å². The summed E-state index contributed by atoms with van der Waals surface area (Å²) in [6, 6.07) is 7.29. The maximum atomic E-state index is 12.9. The lowest BCUT2D eigenvalue weighted by Crippen LogP contribution is -2.33. The Balaban J connectivity index is 2.30. The first kappa shape index (κ1) is 16.5. The average Bonchev–Trinajstić information content (AvgIpc) is 2.61. The van der Waals surface area contributed by atoms with Gasteiger partial charge in [0, 0.05) is 19.6 Å². The van der Waals surface area contributed by atoms with Gasteiger partial charge in [-0.05, 0) is 43.4 Å². The fourth-order valence-electron chi connectivity index (χ4n) is 2.87. The van der Waals surface area contributed by atoms with Crippen LogP contribution in [-0.4, -0.2) is 32.9 Å². The van der Waals surface area contributed by atoms with Gasteiger partial charge in [0.1, 0.15) is 0 Å². The van der Waals surface area contributed by atoms with Crippen molar-refractivity contribution in [1.82, 2.24) is 9.62 Å². The third-order valence-electron chi connectivity index (χ3n) is 4.26. The molecule has 0 atom stereocenters. The van der Waals surface area contributed by atoms with E-state index in [1.54, 1.807) is 16.4 Å². The van der Waals surface area contributed by atoms with Crippen LogP contribution in [0.3, 0.4) is 0 Å². The molecule has 0 saturated carbocycles. The normalized spacial score (nSPS) is 20.1. The molecule has 5 heteroatoms. The molecule has 4 nitrogen and oxygen atoms in total. The molecule has 0 amide bonds. The predicted octanol–water partition coefficient (Wildman–Crippen LogP) is 2.61. The number of sulfonamides is 1. The zero-order chi connectivity index (χ0) is 15.5. The van der Waals surface area contributed by atoms with Crippen LogP contribution in [0, 0.1) is 5.41 Å². The van der Waals surface area contributed by atoms with E-state index in [1.807, 2.05) is 19.2 Å². The van der Waals surface area contributed by atoms with Gasteiger partial charge in [-0.25, -0.2) is 8.42 Å². The average molecular weight is 310 g/mol. The summed E-state index contributed by atoms with van der Waals surface area (Å²) in [5.41, 5.74) is 1.07. The fourth-order valence-corrected chi connectivity index (χ4v) is 4.57. The second-order valence-electron chi connectivity index (χ2n) is 6.56. The molecule has 0 aromatic heterocycles. The highest BCUT2D eigenvalue weighted by Gasteiger charge is 2.31. The first-order valence-electron chi connectivity index (χ1n) is 7.59. The summed E-state index contributed by atoms with van der Waals surface area (Å²) in [7, 11) is -1.56. The molecule has 118 valence electrons. The van der Waals surface area contributed by atoms with Gasteiger partial charge in [0.05, 0.1) is 4.90 Å².